The average Bonchev–Trinajstić information content (AvgIpc) is 2.36. The van der Waals surface area contributed by atoms with Crippen LogP contribution in [0.5, 0.6) is 0 Å². The van der Waals surface area contributed by atoms with Gasteiger partial charge in [-0.2, -0.15) is 0 Å². The van der Waals surface area contributed by atoms with Crippen molar-refractivity contribution in [3.8, 4) is 0 Å². The second-order valence-electron chi connectivity index (χ2n) is 2.99. The summed E-state index contributed by atoms with van der Waals surface area (Å²) in [4.78, 5) is 0. The molecule has 0 amide bonds. The van der Waals surface area contributed by atoms with E-state index in [1.807, 2.05) is 0 Å². The SMILES string of the molecule is CC[N+]1(CN)CCCC1. The van der Waals surface area contributed by atoms with Gasteiger partial charge in [0, 0.05) is 12.8 Å². The third-order valence-corrected chi connectivity index (χ3v) is 2.57. The fourth-order valence-electron chi connectivity index (χ4n) is 1.63. The van der Waals surface area contributed by atoms with Gasteiger partial charge in [-0.3, -0.25) is 5.73 Å². The average molecular weight is 129 g/mol. The highest BCUT2D eigenvalue weighted by molar-refractivity contribution is 4.51. The summed E-state index contributed by atoms with van der Waals surface area (Å²) in [6, 6.07) is 0. The standard InChI is InChI=1S/C7H17N2/c1-2-9(7-8)5-3-4-6-9/h2-8H2,1H3/q+1. The van der Waals surface area contributed by atoms with E-state index in [-0.39, 0.29) is 0 Å². The molecule has 0 aliphatic carbocycles. The van der Waals surface area contributed by atoms with Crippen LogP contribution in [0, 0.1) is 0 Å². The van der Waals surface area contributed by atoms with Crippen molar-refractivity contribution in [1.82, 2.24) is 0 Å². The van der Waals surface area contributed by atoms with Crippen LogP contribution >= 0.6 is 0 Å². The van der Waals surface area contributed by atoms with Gasteiger partial charge in [0.25, 0.3) is 0 Å². The number of hydrogen-bond acceptors (Lipinski definition) is 1. The minimum Gasteiger partial charge on any atom is -0.312 e. The molecule has 9 heavy (non-hydrogen) atoms. The molecule has 0 bridgehead atoms. The molecule has 0 aromatic heterocycles. The van der Waals surface area contributed by atoms with E-state index in [0.717, 1.165) is 6.67 Å². The number of nitrogens with zero attached hydrogens (tertiary/aromatic N) is 1. The summed E-state index contributed by atoms with van der Waals surface area (Å²) in [5.74, 6) is 0. The first-order valence-corrected chi connectivity index (χ1v) is 3.88. The fourth-order valence-corrected chi connectivity index (χ4v) is 1.63. The summed E-state index contributed by atoms with van der Waals surface area (Å²) in [6.07, 6.45) is 2.76. The molecular weight excluding hydrogens is 112 g/mol. The molecular formula is C7H17N2+. The van der Waals surface area contributed by atoms with E-state index in [1.165, 1.54) is 37.0 Å². The Morgan fingerprint density at radius 2 is 1.89 bits per heavy atom. The molecule has 1 aliphatic heterocycles. The van der Waals surface area contributed by atoms with E-state index in [9.17, 15) is 0 Å². The van der Waals surface area contributed by atoms with Gasteiger partial charge in [-0.05, 0) is 6.92 Å². The maximum absolute atomic E-state index is 5.65. The van der Waals surface area contributed by atoms with Crippen LogP contribution in [-0.4, -0.2) is 30.8 Å². The van der Waals surface area contributed by atoms with E-state index < -0.39 is 0 Å². The summed E-state index contributed by atoms with van der Waals surface area (Å²) < 4.78 is 1.17. The quantitative estimate of drug-likeness (QED) is 0.541. The van der Waals surface area contributed by atoms with E-state index in [0.29, 0.717) is 0 Å². The number of likely N-dealkylation sites (tertiary alicyclic amines) is 1. The van der Waals surface area contributed by atoms with E-state index in [1.54, 1.807) is 0 Å². The summed E-state index contributed by atoms with van der Waals surface area (Å²) in [5, 5.41) is 0. The van der Waals surface area contributed by atoms with Crippen LogP contribution in [0.3, 0.4) is 0 Å². The Hall–Kier alpha value is -0.0800. The summed E-state index contributed by atoms with van der Waals surface area (Å²) in [7, 11) is 0. The molecule has 2 heteroatoms. The largest absolute Gasteiger partial charge is 0.312 e. The van der Waals surface area contributed by atoms with Crippen molar-refractivity contribution in [2.75, 3.05) is 26.3 Å². The first kappa shape index (κ1) is 7.03. The Kier molecular flexibility index (Phi) is 2.09. The van der Waals surface area contributed by atoms with Gasteiger partial charge >= 0.3 is 0 Å². The predicted molar refractivity (Wildman–Crippen MR) is 38.8 cm³/mol. The van der Waals surface area contributed by atoms with Crippen molar-refractivity contribution < 1.29 is 4.48 Å². The third-order valence-electron chi connectivity index (χ3n) is 2.57. The van der Waals surface area contributed by atoms with Gasteiger partial charge in [0.05, 0.1) is 19.6 Å². The minimum atomic E-state index is 0.844. The molecule has 0 aromatic rings. The molecule has 0 atom stereocenters. The molecule has 1 rings (SSSR count). The number of nitrogens with two attached hydrogens (primary N) is 1. The van der Waals surface area contributed by atoms with Crippen LogP contribution in [0.2, 0.25) is 0 Å². The minimum absolute atomic E-state index is 0.844. The highest BCUT2D eigenvalue weighted by atomic mass is 15.4. The molecule has 2 N–H and O–H groups in total. The summed E-state index contributed by atoms with van der Waals surface area (Å²) in [5.41, 5.74) is 5.65. The first-order valence-electron chi connectivity index (χ1n) is 3.88. The van der Waals surface area contributed by atoms with Crippen LogP contribution in [0.4, 0.5) is 0 Å². The van der Waals surface area contributed by atoms with E-state index in [2.05, 4.69) is 6.92 Å². The number of hydrogen-bond donors (Lipinski definition) is 1. The zero-order valence-corrected chi connectivity index (χ0v) is 6.27. The highest BCUT2D eigenvalue weighted by Crippen LogP contribution is 2.16. The van der Waals surface area contributed by atoms with Crippen molar-refractivity contribution in [2.45, 2.75) is 19.8 Å². The lowest BCUT2D eigenvalue weighted by atomic mass is 10.4. The summed E-state index contributed by atoms with van der Waals surface area (Å²) in [6.45, 7) is 6.92. The van der Waals surface area contributed by atoms with Crippen molar-refractivity contribution in [1.29, 1.82) is 0 Å². The van der Waals surface area contributed by atoms with Gasteiger partial charge in [-0.1, -0.05) is 0 Å². The Balaban J connectivity index is 2.45. The number of quaternary nitrogens is 1. The second-order valence-corrected chi connectivity index (χ2v) is 2.99. The Bertz CT molecular complexity index is 78.9. The van der Waals surface area contributed by atoms with Gasteiger partial charge in [0.1, 0.15) is 6.67 Å². The normalized spacial score (nSPS) is 24.7. The second kappa shape index (κ2) is 2.67. The van der Waals surface area contributed by atoms with Gasteiger partial charge in [0.2, 0.25) is 0 Å². The van der Waals surface area contributed by atoms with Gasteiger partial charge < -0.3 is 4.48 Å². The maximum atomic E-state index is 5.65. The van der Waals surface area contributed by atoms with Crippen LogP contribution in [-0.2, 0) is 0 Å². The smallest absolute Gasteiger partial charge is 0.130 e. The fraction of sp³-hybridized carbons (Fsp3) is 1.00. The Labute approximate surface area is 57.2 Å². The molecule has 1 aliphatic rings. The molecule has 0 saturated carbocycles. The Morgan fingerprint density at radius 3 is 2.11 bits per heavy atom. The molecule has 0 spiro atoms. The van der Waals surface area contributed by atoms with Crippen molar-refractivity contribution >= 4 is 0 Å². The lowest BCUT2D eigenvalue weighted by Gasteiger charge is -2.30. The first-order chi connectivity index (χ1) is 4.33. The predicted octanol–water partition coefficient (Wildman–Crippen LogP) is 0.533. The summed E-state index contributed by atoms with van der Waals surface area (Å²) >= 11 is 0. The van der Waals surface area contributed by atoms with Gasteiger partial charge in [-0.15, -0.1) is 0 Å². The van der Waals surface area contributed by atoms with Crippen LogP contribution < -0.4 is 5.73 Å². The topological polar surface area (TPSA) is 26.0 Å². The zero-order valence-electron chi connectivity index (χ0n) is 6.27. The molecule has 0 aromatic carbocycles. The third kappa shape index (κ3) is 1.25. The van der Waals surface area contributed by atoms with Crippen LogP contribution in [0.15, 0.2) is 0 Å². The van der Waals surface area contributed by atoms with Gasteiger partial charge in [-0.25, -0.2) is 0 Å². The maximum Gasteiger partial charge on any atom is 0.130 e. The lowest BCUT2D eigenvalue weighted by molar-refractivity contribution is -0.914. The monoisotopic (exact) mass is 129 g/mol. The van der Waals surface area contributed by atoms with E-state index >= 15 is 0 Å². The van der Waals surface area contributed by atoms with Crippen molar-refractivity contribution in [3.63, 3.8) is 0 Å². The zero-order chi connectivity index (χ0) is 6.74. The number of rotatable bonds is 2. The Morgan fingerprint density at radius 1 is 1.33 bits per heavy atom. The molecule has 2 nitrogen and oxygen atoms in total. The molecule has 0 radical (unpaired) electrons. The molecule has 54 valence electrons. The van der Waals surface area contributed by atoms with E-state index in [4.69, 9.17) is 5.73 Å². The molecule has 1 fully saturated rings. The highest BCUT2D eigenvalue weighted by Gasteiger charge is 2.27. The van der Waals surface area contributed by atoms with Crippen LogP contribution in [0.25, 0.3) is 0 Å². The van der Waals surface area contributed by atoms with Crippen molar-refractivity contribution in [2.24, 2.45) is 5.73 Å². The van der Waals surface area contributed by atoms with Gasteiger partial charge in [0.15, 0.2) is 0 Å². The molecule has 0 unspecified atom stereocenters. The molecule has 1 heterocycles. The molecule has 1 saturated heterocycles. The van der Waals surface area contributed by atoms with Crippen molar-refractivity contribution in [3.05, 3.63) is 0 Å². The lowest BCUT2D eigenvalue weighted by Crippen LogP contribution is -2.48. The van der Waals surface area contributed by atoms with Crippen LogP contribution in [0.1, 0.15) is 19.8 Å².